The molecule has 10 nitrogen and oxygen atoms in total. The number of hydrogen-bond acceptors (Lipinski definition) is 7. The number of nitrogens with zero attached hydrogens (tertiary/aromatic N) is 6. The van der Waals surface area contributed by atoms with E-state index in [1.807, 2.05) is 0 Å². The summed E-state index contributed by atoms with van der Waals surface area (Å²) in [7, 11) is 0. The van der Waals surface area contributed by atoms with E-state index in [1.165, 1.54) is 36.4 Å². The van der Waals surface area contributed by atoms with Gasteiger partial charge in [0.2, 0.25) is 0 Å². The van der Waals surface area contributed by atoms with Crippen LogP contribution in [0.4, 0.5) is 23.2 Å². The average Bonchev–Trinajstić information content (AvgIpc) is 3.38. The SMILES string of the molecule is Cc1c(C(=O)N2CCN(Cc3ccc(OC(F)C(F)F)cc3)CC2)nnn1Cc1ccc(C(=O)Nc2ccc(F)cc2)nc1. The van der Waals surface area contributed by atoms with Crippen molar-refractivity contribution in [2.24, 2.45) is 0 Å². The third-order valence-corrected chi connectivity index (χ3v) is 7.11. The third-order valence-electron chi connectivity index (χ3n) is 7.11. The molecule has 14 heteroatoms. The molecule has 2 aromatic carbocycles. The molecule has 0 radical (unpaired) electrons. The summed E-state index contributed by atoms with van der Waals surface area (Å²) in [5.41, 5.74) is 3.15. The molecule has 1 atom stereocenters. The summed E-state index contributed by atoms with van der Waals surface area (Å²) in [6, 6.07) is 15.0. The summed E-state index contributed by atoms with van der Waals surface area (Å²) >= 11 is 0. The van der Waals surface area contributed by atoms with E-state index < -0.39 is 24.5 Å². The first-order valence-electron chi connectivity index (χ1n) is 13.8. The van der Waals surface area contributed by atoms with Crippen LogP contribution < -0.4 is 10.1 Å². The van der Waals surface area contributed by atoms with Gasteiger partial charge in [0.1, 0.15) is 17.3 Å². The lowest BCUT2D eigenvalue weighted by molar-refractivity contribution is -0.0669. The van der Waals surface area contributed by atoms with E-state index >= 15 is 0 Å². The normalized spacial score (nSPS) is 14.5. The van der Waals surface area contributed by atoms with Crippen LogP contribution >= 0.6 is 0 Å². The number of carbonyl (C=O) groups is 2. The van der Waals surface area contributed by atoms with Gasteiger partial charge in [-0.1, -0.05) is 23.4 Å². The second-order valence-electron chi connectivity index (χ2n) is 10.2. The summed E-state index contributed by atoms with van der Waals surface area (Å²) in [5.74, 6) is -1.03. The number of carbonyl (C=O) groups excluding carboxylic acids is 2. The summed E-state index contributed by atoms with van der Waals surface area (Å²) in [6.07, 6.45) is -4.34. The van der Waals surface area contributed by atoms with Crippen LogP contribution in [0, 0.1) is 12.7 Å². The number of nitrogens with one attached hydrogen (secondary N) is 1. The second kappa shape index (κ2) is 13.6. The van der Waals surface area contributed by atoms with Gasteiger partial charge in [-0.2, -0.15) is 4.39 Å². The number of rotatable bonds is 10. The molecule has 3 heterocycles. The van der Waals surface area contributed by atoms with Gasteiger partial charge in [-0.05, 0) is 60.5 Å². The number of hydrogen-bond donors (Lipinski definition) is 1. The van der Waals surface area contributed by atoms with E-state index in [0.717, 1.165) is 11.1 Å². The highest BCUT2D eigenvalue weighted by atomic mass is 19.3. The van der Waals surface area contributed by atoms with E-state index in [0.29, 0.717) is 50.6 Å². The fourth-order valence-corrected chi connectivity index (χ4v) is 4.63. The molecule has 1 aliphatic rings. The number of aromatic nitrogens is 4. The minimum absolute atomic E-state index is 0.0274. The molecule has 0 spiro atoms. The number of anilines is 1. The highest BCUT2D eigenvalue weighted by Gasteiger charge is 2.26. The van der Waals surface area contributed by atoms with Gasteiger partial charge in [-0.15, -0.1) is 5.10 Å². The van der Waals surface area contributed by atoms with Gasteiger partial charge in [0, 0.05) is 44.6 Å². The lowest BCUT2D eigenvalue weighted by Crippen LogP contribution is -2.48. The highest BCUT2D eigenvalue weighted by molar-refractivity contribution is 6.02. The van der Waals surface area contributed by atoms with Crippen molar-refractivity contribution in [3.8, 4) is 5.75 Å². The fraction of sp³-hybridized carbons (Fsp3) is 0.300. The van der Waals surface area contributed by atoms with E-state index in [9.17, 15) is 27.2 Å². The van der Waals surface area contributed by atoms with Gasteiger partial charge in [-0.25, -0.2) is 17.9 Å². The Hall–Kier alpha value is -4.85. The van der Waals surface area contributed by atoms with Gasteiger partial charge >= 0.3 is 6.43 Å². The largest absolute Gasteiger partial charge is 0.454 e. The number of benzene rings is 2. The first kappa shape index (κ1) is 30.6. The molecule has 1 fully saturated rings. The predicted molar refractivity (Wildman–Crippen MR) is 152 cm³/mol. The molecule has 1 N–H and O–H groups in total. The lowest BCUT2D eigenvalue weighted by atomic mass is 10.2. The Balaban J connectivity index is 1.11. The predicted octanol–water partition coefficient (Wildman–Crippen LogP) is 4.32. The van der Waals surface area contributed by atoms with Crippen LogP contribution in [-0.2, 0) is 13.1 Å². The third kappa shape index (κ3) is 7.56. The van der Waals surface area contributed by atoms with Crippen LogP contribution in [0.1, 0.15) is 37.8 Å². The van der Waals surface area contributed by atoms with Gasteiger partial charge in [-0.3, -0.25) is 19.5 Å². The van der Waals surface area contributed by atoms with Crippen molar-refractivity contribution >= 4 is 17.5 Å². The summed E-state index contributed by atoms with van der Waals surface area (Å²) in [6.45, 7) is 4.83. The number of alkyl halides is 3. The Bertz CT molecular complexity index is 1570. The van der Waals surface area contributed by atoms with Crippen molar-refractivity contribution < 1.29 is 31.9 Å². The van der Waals surface area contributed by atoms with Crippen molar-refractivity contribution in [3.05, 3.63) is 101 Å². The Morgan fingerprint density at radius 1 is 0.909 bits per heavy atom. The lowest BCUT2D eigenvalue weighted by Gasteiger charge is -2.34. The molecular formula is C30H29F4N7O3. The summed E-state index contributed by atoms with van der Waals surface area (Å²) < 4.78 is 57.0. The molecule has 1 saturated heterocycles. The monoisotopic (exact) mass is 611 g/mol. The van der Waals surface area contributed by atoms with Gasteiger partial charge in [0.25, 0.3) is 18.2 Å². The van der Waals surface area contributed by atoms with E-state index in [2.05, 4.69) is 30.2 Å². The highest BCUT2D eigenvalue weighted by Crippen LogP contribution is 2.19. The number of pyridine rings is 1. The minimum atomic E-state index is -3.21. The van der Waals surface area contributed by atoms with Crippen LogP contribution in [0.25, 0.3) is 0 Å². The smallest absolute Gasteiger partial charge is 0.304 e. The Morgan fingerprint density at radius 3 is 2.23 bits per heavy atom. The maximum Gasteiger partial charge on any atom is 0.304 e. The molecule has 0 bridgehead atoms. The van der Waals surface area contributed by atoms with Crippen LogP contribution in [0.15, 0.2) is 66.9 Å². The average molecular weight is 612 g/mol. The molecule has 44 heavy (non-hydrogen) atoms. The van der Waals surface area contributed by atoms with Gasteiger partial charge in [0.05, 0.1) is 12.2 Å². The number of halogens is 4. The van der Waals surface area contributed by atoms with Crippen molar-refractivity contribution in [1.82, 2.24) is 29.8 Å². The van der Waals surface area contributed by atoms with Gasteiger partial charge < -0.3 is 15.0 Å². The molecule has 230 valence electrons. The molecular weight excluding hydrogens is 582 g/mol. The maximum atomic E-state index is 13.2. The first-order chi connectivity index (χ1) is 21.2. The molecule has 0 aliphatic carbocycles. The quantitative estimate of drug-likeness (QED) is 0.267. The molecule has 0 saturated carbocycles. The van der Waals surface area contributed by atoms with Crippen LogP contribution in [0.3, 0.4) is 0 Å². The van der Waals surface area contributed by atoms with Crippen molar-refractivity contribution in [2.45, 2.75) is 32.8 Å². The molecule has 5 rings (SSSR count). The number of ether oxygens (including phenoxy) is 1. The van der Waals surface area contributed by atoms with Crippen LogP contribution in [-0.4, -0.2) is 80.6 Å². The fourth-order valence-electron chi connectivity index (χ4n) is 4.63. The number of piperazine rings is 1. The van der Waals surface area contributed by atoms with Gasteiger partial charge in [0.15, 0.2) is 5.69 Å². The summed E-state index contributed by atoms with van der Waals surface area (Å²) in [4.78, 5) is 33.8. The first-order valence-corrected chi connectivity index (χ1v) is 13.8. The molecule has 2 aromatic heterocycles. The molecule has 2 amide bonds. The van der Waals surface area contributed by atoms with Crippen molar-refractivity contribution in [1.29, 1.82) is 0 Å². The summed E-state index contributed by atoms with van der Waals surface area (Å²) in [5, 5.41) is 10.9. The van der Waals surface area contributed by atoms with E-state index in [-0.39, 0.29) is 23.0 Å². The Kier molecular flexibility index (Phi) is 9.48. The zero-order valence-corrected chi connectivity index (χ0v) is 23.7. The zero-order valence-electron chi connectivity index (χ0n) is 23.7. The number of amides is 2. The molecule has 4 aromatic rings. The Labute approximate surface area is 250 Å². The minimum Gasteiger partial charge on any atom is -0.454 e. The Morgan fingerprint density at radius 2 is 1.59 bits per heavy atom. The molecule has 1 aliphatic heterocycles. The van der Waals surface area contributed by atoms with E-state index in [4.69, 9.17) is 0 Å². The standard InChI is InChI=1S/C30H29F4N7O3/c1-19-26(30(43)40-14-12-39(13-15-40)17-20-2-9-24(10-3-20)44-28(34)27(32)33)37-38-41(19)18-21-4-11-25(35-16-21)29(42)36-23-7-5-22(31)6-8-23/h2-11,16,27-28H,12-15,17-18H2,1H3,(H,36,42). The zero-order chi connectivity index (χ0) is 31.2. The van der Waals surface area contributed by atoms with E-state index in [1.54, 1.807) is 47.0 Å². The van der Waals surface area contributed by atoms with Crippen LogP contribution in [0.5, 0.6) is 5.75 Å². The van der Waals surface area contributed by atoms with Crippen molar-refractivity contribution in [3.63, 3.8) is 0 Å². The topological polar surface area (TPSA) is 105 Å². The second-order valence-corrected chi connectivity index (χ2v) is 10.2. The van der Waals surface area contributed by atoms with Crippen molar-refractivity contribution in [2.75, 3.05) is 31.5 Å². The maximum absolute atomic E-state index is 13.2. The molecule has 1 unspecified atom stereocenters. The van der Waals surface area contributed by atoms with Crippen LogP contribution in [0.2, 0.25) is 0 Å².